The number of thioether (sulfide) groups is 2. The van der Waals surface area contributed by atoms with E-state index in [4.69, 9.17) is 0 Å². The van der Waals surface area contributed by atoms with Crippen molar-refractivity contribution >= 4 is 36.1 Å². The minimum atomic E-state index is -0.00337. The van der Waals surface area contributed by atoms with Gasteiger partial charge in [-0.15, -0.1) is 23.5 Å². The molecule has 0 N–H and O–H groups in total. The summed E-state index contributed by atoms with van der Waals surface area (Å²) < 4.78 is -0.00674. The second kappa shape index (κ2) is 6.35. The minimum Gasteiger partial charge on any atom is -0.298 e. The third kappa shape index (κ3) is 5.33. The van der Waals surface area contributed by atoms with Crippen LogP contribution in [0.5, 0.6) is 0 Å². The van der Waals surface area contributed by atoms with Gasteiger partial charge in [-0.1, -0.05) is 41.5 Å². The molecule has 0 saturated heterocycles. The van der Waals surface area contributed by atoms with Gasteiger partial charge >= 0.3 is 0 Å². The maximum atomic E-state index is 11.3. The summed E-state index contributed by atoms with van der Waals surface area (Å²) in [6, 6.07) is 3.67. The van der Waals surface area contributed by atoms with Gasteiger partial charge in [0.2, 0.25) is 0 Å². The van der Waals surface area contributed by atoms with Crippen LogP contribution in [0.15, 0.2) is 21.9 Å². The van der Waals surface area contributed by atoms with E-state index in [0.29, 0.717) is 11.1 Å². The van der Waals surface area contributed by atoms with Crippen LogP contribution in [-0.2, 0) is 0 Å². The maximum absolute atomic E-state index is 11.3. The van der Waals surface area contributed by atoms with Crippen molar-refractivity contribution in [1.82, 2.24) is 0 Å². The van der Waals surface area contributed by atoms with Crippen LogP contribution in [0, 0.1) is 0 Å². The predicted molar refractivity (Wildman–Crippen MR) is 88.4 cm³/mol. The zero-order chi connectivity index (χ0) is 15.6. The first kappa shape index (κ1) is 17.3. The van der Waals surface area contributed by atoms with Crippen molar-refractivity contribution in [2.75, 3.05) is 0 Å². The third-order valence-corrected chi connectivity index (χ3v) is 4.60. The van der Waals surface area contributed by atoms with Crippen molar-refractivity contribution in [2.45, 2.75) is 60.8 Å². The summed E-state index contributed by atoms with van der Waals surface area (Å²) in [4.78, 5) is 24.4. The average molecular weight is 310 g/mol. The molecule has 0 aliphatic heterocycles. The highest BCUT2D eigenvalue weighted by Crippen LogP contribution is 2.39. The summed E-state index contributed by atoms with van der Waals surface area (Å²) in [6.45, 7) is 12.5. The topological polar surface area (TPSA) is 34.1 Å². The number of aldehydes is 2. The van der Waals surface area contributed by atoms with Gasteiger partial charge in [0.15, 0.2) is 12.6 Å². The predicted octanol–water partition coefficient (Wildman–Crippen LogP) is 5.09. The lowest BCUT2D eigenvalue weighted by atomic mass is 10.1. The SMILES string of the molecule is CC(C)(C)Sc1cc(C=O)c(SC(C)(C)C)cc1C=O. The number of rotatable bonds is 4. The molecule has 2 nitrogen and oxygen atoms in total. The molecule has 1 aromatic carbocycles. The van der Waals surface area contributed by atoms with Gasteiger partial charge in [0, 0.05) is 30.4 Å². The van der Waals surface area contributed by atoms with Crippen molar-refractivity contribution in [3.8, 4) is 0 Å². The zero-order valence-corrected chi connectivity index (χ0v) is 14.6. The minimum absolute atomic E-state index is 0.00337. The zero-order valence-electron chi connectivity index (χ0n) is 12.9. The Kier molecular flexibility index (Phi) is 5.50. The van der Waals surface area contributed by atoms with E-state index in [9.17, 15) is 9.59 Å². The number of benzene rings is 1. The van der Waals surface area contributed by atoms with Gasteiger partial charge in [0.1, 0.15) is 0 Å². The number of carbonyl (C=O) groups excluding carboxylic acids is 2. The Morgan fingerprint density at radius 2 is 1.05 bits per heavy atom. The van der Waals surface area contributed by atoms with E-state index in [1.807, 2.05) is 12.1 Å². The quantitative estimate of drug-likeness (QED) is 0.573. The van der Waals surface area contributed by atoms with Gasteiger partial charge in [0.05, 0.1) is 0 Å². The van der Waals surface area contributed by atoms with Crippen molar-refractivity contribution < 1.29 is 9.59 Å². The lowest BCUT2D eigenvalue weighted by molar-refractivity contribution is 0.110. The van der Waals surface area contributed by atoms with Crippen LogP contribution < -0.4 is 0 Å². The van der Waals surface area contributed by atoms with E-state index in [1.54, 1.807) is 23.5 Å². The highest BCUT2D eigenvalue weighted by atomic mass is 32.2. The second-order valence-electron chi connectivity index (χ2n) is 6.59. The van der Waals surface area contributed by atoms with Crippen molar-refractivity contribution in [2.24, 2.45) is 0 Å². The molecule has 4 heteroatoms. The molecular formula is C16H22O2S2. The molecule has 0 radical (unpaired) electrons. The molecule has 0 heterocycles. The molecule has 0 aliphatic rings. The van der Waals surface area contributed by atoms with Gasteiger partial charge in [-0.3, -0.25) is 9.59 Å². The molecule has 1 aromatic rings. The summed E-state index contributed by atoms with van der Waals surface area (Å²) in [5, 5.41) is 0. The first-order chi connectivity index (χ1) is 9.05. The van der Waals surface area contributed by atoms with Gasteiger partial charge in [-0.2, -0.15) is 0 Å². The molecule has 20 heavy (non-hydrogen) atoms. The van der Waals surface area contributed by atoms with E-state index in [2.05, 4.69) is 41.5 Å². The lowest BCUT2D eigenvalue weighted by Crippen LogP contribution is -2.10. The Hall–Kier alpha value is -0.740. The molecule has 0 amide bonds. The van der Waals surface area contributed by atoms with Crippen LogP contribution in [0.1, 0.15) is 62.3 Å². The average Bonchev–Trinajstić information content (AvgIpc) is 2.26. The Balaban J connectivity index is 3.30. The van der Waals surface area contributed by atoms with E-state index < -0.39 is 0 Å². The second-order valence-corrected chi connectivity index (χ2v) is 10.3. The third-order valence-electron chi connectivity index (χ3n) is 2.23. The normalized spacial score (nSPS) is 12.3. The molecule has 1 rings (SSSR count). The number of hydrogen-bond acceptors (Lipinski definition) is 4. The molecule has 0 saturated carbocycles. The molecule has 0 aromatic heterocycles. The van der Waals surface area contributed by atoms with Crippen LogP contribution >= 0.6 is 23.5 Å². The van der Waals surface area contributed by atoms with Gasteiger partial charge in [0.25, 0.3) is 0 Å². The molecule has 0 fully saturated rings. The molecule has 0 spiro atoms. The summed E-state index contributed by atoms with van der Waals surface area (Å²) in [6.07, 6.45) is 1.74. The van der Waals surface area contributed by atoms with Crippen molar-refractivity contribution in [3.63, 3.8) is 0 Å². The molecule has 0 unspecified atom stereocenters. The summed E-state index contributed by atoms with van der Waals surface area (Å²) in [5.41, 5.74) is 1.31. The van der Waals surface area contributed by atoms with Crippen LogP contribution in [0.3, 0.4) is 0 Å². The summed E-state index contributed by atoms with van der Waals surface area (Å²) >= 11 is 3.22. The first-order valence-electron chi connectivity index (χ1n) is 6.52. The fourth-order valence-corrected chi connectivity index (χ4v) is 3.75. The fraction of sp³-hybridized carbons (Fsp3) is 0.500. The standard InChI is InChI=1S/C16H22O2S2/c1-15(2,3)19-13-7-12(10-18)14(8-11(13)9-17)20-16(4,5)6/h7-10H,1-6H3. The number of carbonyl (C=O) groups is 2. The van der Waals surface area contributed by atoms with E-state index >= 15 is 0 Å². The maximum Gasteiger partial charge on any atom is 0.151 e. The van der Waals surface area contributed by atoms with Gasteiger partial charge in [-0.05, 0) is 12.1 Å². The van der Waals surface area contributed by atoms with E-state index in [-0.39, 0.29) is 9.49 Å². The fourth-order valence-electron chi connectivity index (χ4n) is 1.61. The molecule has 0 bridgehead atoms. The van der Waals surface area contributed by atoms with Crippen LogP contribution in [-0.4, -0.2) is 22.1 Å². The smallest absolute Gasteiger partial charge is 0.151 e. The van der Waals surface area contributed by atoms with Crippen LogP contribution in [0.2, 0.25) is 0 Å². The van der Waals surface area contributed by atoms with Gasteiger partial charge in [-0.25, -0.2) is 0 Å². The molecule has 0 aliphatic carbocycles. The van der Waals surface area contributed by atoms with Crippen molar-refractivity contribution in [1.29, 1.82) is 0 Å². The highest BCUT2D eigenvalue weighted by Gasteiger charge is 2.20. The number of hydrogen-bond donors (Lipinski definition) is 0. The molecule has 110 valence electrons. The van der Waals surface area contributed by atoms with Crippen LogP contribution in [0.25, 0.3) is 0 Å². The lowest BCUT2D eigenvalue weighted by Gasteiger charge is -2.22. The summed E-state index contributed by atoms with van der Waals surface area (Å²) in [5.74, 6) is 0. The Bertz CT molecular complexity index is 461. The summed E-state index contributed by atoms with van der Waals surface area (Å²) in [7, 11) is 0. The largest absolute Gasteiger partial charge is 0.298 e. The Morgan fingerprint density at radius 3 is 1.25 bits per heavy atom. The monoisotopic (exact) mass is 310 g/mol. The van der Waals surface area contributed by atoms with E-state index in [1.165, 1.54) is 0 Å². The van der Waals surface area contributed by atoms with Crippen molar-refractivity contribution in [3.05, 3.63) is 23.3 Å². The molecule has 0 atom stereocenters. The Morgan fingerprint density at radius 1 is 0.750 bits per heavy atom. The van der Waals surface area contributed by atoms with E-state index in [0.717, 1.165) is 22.4 Å². The highest BCUT2D eigenvalue weighted by molar-refractivity contribution is 8.01. The molecular weight excluding hydrogens is 288 g/mol. The van der Waals surface area contributed by atoms with Gasteiger partial charge < -0.3 is 0 Å². The first-order valence-corrected chi connectivity index (χ1v) is 8.15. The Labute approximate surface area is 130 Å². The van der Waals surface area contributed by atoms with Crippen LogP contribution in [0.4, 0.5) is 0 Å².